The number of nitrogens with one attached hydrogen (secondary N) is 1. The number of aromatic nitrogens is 1. The molecule has 1 aliphatic heterocycles. The number of hydrogen-bond donors (Lipinski definition) is 1. The Morgan fingerprint density at radius 2 is 2.12 bits per heavy atom. The first-order valence-electron chi connectivity index (χ1n) is 5.26. The number of amides is 2. The minimum atomic E-state index is -1.59. The van der Waals surface area contributed by atoms with Gasteiger partial charge in [-0.15, -0.1) is 0 Å². The van der Waals surface area contributed by atoms with Crippen molar-refractivity contribution in [1.82, 2.24) is 9.88 Å². The molecule has 6 nitrogen and oxygen atoms in total. The molecule has 0 aliphatic carbocycles. The summed E-state index contributed by atoms with van der Waals surface area (Å²) in [5.74, 6) is -1.83. The van der Waals surface area contributed by atoms with E-state index < -0.39 is 23.3 Å². The largest absolute Gasteiger partial charge is 0.464 e. The summed E-state index contributed by atoms with van der Waals surface area (Å²) in [7, 11) is 0. The van der Waals surface area contributed by atoms with E-state index in [0.717, 1.165) is 0 Å². The molecule has 0 saturated carbocycles. The summed E-state index contributed by atoms with van der Waals surface area (Å²) in [6.45, 7) is 1.80. The van der Waals surface area contributed by atoms with Crippen molar-refractivity contribution in [3.05, 3.63) is 24.5 Å². The smallest absolute Gasteiger partial charge is 0.342 e. The molecule has 17 heavy (non-hydrogen) atoms. The first kappa shape index (κ1) is 11.4. The van der Waals surface area contributed by atoms with Gasteiger partial charge >= 0.3 is 5.97 Å². The SMILES string of the molecule is CCOC(=O)C1(n2cccc2)CC(=O)NC1=O. The molecule has 1 aromatic rings. The van der Waals surface area contributed by atoms with Gasteiger partial charge in [-0.1, -0.05) is 0 Å². The highest BCUT2D eigenvalue weighted by atomic mass is 16.5. The fraction of sp³-hybridized carbons (Fsp3) is 0.364. The Balaban J connectivity index is 2.47. The van der Waals surface area contributed by atoms with Crippen molar-refractivity contribution in [3.63, 3.8) is 0 Å². The van der Waals surface area contributed by atoms with Crippen molar-refractivity contribution in [2.45, 2.75) is 18.9 Å². The maximum absolute atomic E-state index is 12.0. The van der Waals surface area contributed by atoms with Crippen molar-refractivity contribution in [2.24, 2.45) is 0 Å². The van der Waals surface area contributed by atoms with Crippen LogP contribution in [0.4, 0.5) is 0 Å². The number of carbonyl (C=O) groups excluding carboxylic acids is 3. The van der Waals surface area contributed by atoms with E-state index in [0.29, 0.717) is 0 Å². The summed E-state index contributed by atoms with van der Waals surface area (Å²) in [5, 5.41) is 2.14. The Bertz CT molecular complexity index is 466. The molecule has 0 radical (unpaired) electrons. The summed E-state index contributed by atoms with van der Waals surface area (Å²) < 4.78 is 6.31. The number of nitrogens with zero attached hydrogens (tertiary/aromatic N) is 1. The van der Waals surface area contributed by atoms with Crippen LogP contribution in [0.1, 0.15) is 13.3 Å². The predicted octanol–water partition coefficient (Wildman–Crippen LogP) is -0.207. The number of hydrogen-bond acceptors (Lipinski definition) is 4. The van der Waals surface area contributed by atoms with E-state index in [1.54, 1.807) is 31.5 Å². The van der Waals surface area contributed by atoms with Gasteiger partial charge in [0, 0.05) is 12.4 Å². The number of rotatable bonds is 3. The van der Waals surface area contributed by atoms with E-state index >= 15 is 0 Å². The van der Waals surface area contributed by atoms with Crippen LogP contribution in [0.3, 0.4) is 0 Å². The highest BCUT2D eigenvalue weighted by Crippen LogP contribution is 2.28. The zero-order valence-corrected chi connectivity index (χ0v) is 9.30. The molecule has 1 N–H and O–H groups in total. The third-order valence-corrected chi connectivity index (χ3v) is 2.70. The maximum atomic E-state index is 12.0. The van der Waals surface area contributed by atoms with Crippen LogP contribution in [0, 0.1) is 0 Å². The molecule has 6 heteroatoms. The third-order valence-electron chi connectivity index (χ3n) is 2.70. The van der Waals surface area contributed by atoms with Gasteiger partial charge in [-0.3, -0.25) is 14.9 Å². The molecule has 1 aromatic heterocycles. The summed E-state index contributed by atoms with van der Waals surface area (Å²) in [5.41, 5.74) is -1.59. The van der Waals surface area contributed by atoms with E-state index in [1.165, 1.54) is 4.57 Å². The van der Waals surface area contributed by atoms with Gasteiger partial charge in [-0.05, 0) is 19.1 Å². The van der Waals surface area contributed by atoms with E-state index in [1.807, 2.05) is 0 Å². The molecule has 1 aliphatic rings. The van der Waals surface area contributed by atoms with Crippen LogP contribution >= 0.6 is 0 Å². The fourth-order valence-electron chi connectivity index (χ4n) is 1.91. The van der Waals surface area contributed by atoms with Crippen LogP contribution in [0.25, 0.3) is 0 Å². The molecule has 2 amide bonds. The normalized spacial score (nSPS) is 23.6. The Kier molecular flexibility index (Phi) is 2.71. The van der Waals surface area contributed by atoms with Gasteiger partial charge in [-0.25, -0.2) is 4.79 Å². The van der Waals surface area contributed by atoms with Gasteiger partial charge in [0.15, 0.2) is 0 Å². The second kappa shape index (κ2) is 4.04. The van der Waals surface area contributed by atoms with Crippen LogP contribution < -0.4 is 5.32 Å². The number of ether oxygens (including phenoxy) is 1. The van der Waals surface area contributed by atoms with Crippen LogP contribution in [0.15, 0.2) is 24.5 Å². The Morgan fingerprint density at radius 1 is 1.47 bits per heavy atom. The van der Waals surface area contributed by atoms with Gasteiger partial charge in [0.05, 0.1) is 13.0 Å². The lowest BCUT2D eigenvalue weighted by Gasteiger charge is -2.24. The Morgan fingerprint density at radius 3 is 2.59 bits per heavy atom. The molecule has 2 rings (SSSR count). The van der Waals surface area contributed by atoms with Gasteiger partial charge < -0.3 is 9.30 Å². The van der Waals surface area contributed by atoms with Crippen molar-refractivity contribution < 1.29 is 19.1 Å². The summed E-state index contributed by atoms with van der Waals surface area (Å²) in [6.07, 6.45) is 2.91. The Labute approximate surface area is 97.5 Å². The van der Waals surface area contributed by atoms with E-state index in [-0.39, 0.29) is 13.0 Å². The molecule has 0 aromatic carbocycles. The first-order chi connectivity index (χ1) is 8.11. The summed E-state index contributed by atoms with van der Waals surface area (Å²) in [6, 6.07) is 3.36. The monoisotopic (exact) mass is 236 g/mol. The zero-order chi connectivity index (χ0) is 12.5. The highest BCUT2D eigenvalue weighted by Gasteiger charge is 2.55. The lowest BCUT2D eigenvalue weighted by atomic mass is 9.97. The second-order valence-electron chi connectivity index (χ2n) is 3.73. The summed E-state index contributed by atoms with van der Waals surface area (Å²) in [4.78, 5) is 35.2. The van der Waals surface area contributed by atoms with Crippen LogP contribution in [0.5, 0.6) is 0 Å². The number of imide groups is 1. The van der Waals surface area contributed by atoms with Crippen LogP contribution in [-0.2, 0) is 24.7 Å². The molecule has 90 valence electrons. The average molecular weight is 236 g/mol. The molecule has 1 atom stereocenters. The molecular weight excluding hydrogens is 224 g/mol. The molecule has 1 unspecified atom stereocenters. The van der Waals surface area contributed by atoms with Crippen molar-refractivity contribution in [1.29, 1.82) is 0 Å². The molecule has 0 spiro atoms. The third kappa shape index (κ3) is 1.61. The zero-order valence-electron chi connectivity index (χ0n) is 9.30. The van der Waals surface area contributed by atoms with Gasteiger partial charge in [-0.2, -0.15) is 0 Å². The Hall–Kier alpha value is -2.11. The predicted molar refractivity (Wildman–Crippen MR) is 56.8 cm³/mol. The van der Waals surface area contributed by atoms with Gasteiger partial charge in [0.1, 0.15) is 0 Å². The molecule has 1 fully saturated rings. The maximum Gasteiger partial charge on any atom is 0.342 e. The summed E-state index contributed by atoms with van der Waals surface area (Å²) >= 11 is 0. The second-order valence-corrected chi connectivity index (χ2v) is 3.73. The highest BCUT2D eigenvalue weighted by molar-refractivity contribution is 6.17. The van der Waals surface area contributed by atoms with Gasteiger partial charge in [0.25, 0.3) is 5.91 Å². The van der Waals surface area contributed by atoms with Gasteiger partial charge in [0.2, 0.25) is 11.4 Å². The lowest BCUT2D eigenvalue weighted by molar-refractivity contribution is -0.157. The molecule has 1 saturated heterocycles. The van der Waals surface area contributed by atoms with Crippen molar-refractivity contribution in [2.75, 3.05) is 6.61 Å². The number of esters is 1. The number of carbonyl (C=O) groups is 3. The standard InChI is InChI=1S/C11H12N2O4/c1-2-17-10(16)11(13-5-3-4-6-13)7-8(14)12-9(11)15/h3-6H,2,7H2,1H3,(H,12,14,15). The molecule has 0 bridgehead atoms. The van der Waals surface area contributed by atoms with Crippen molar-refractivity contribution in [3.8, 4) is 0 Å². The molecular formula is C11H12N2O4. The lowest BCUT2D eigenvalue weighted by Crippen LogP contribution is -2.48. The van der Waals surface area contributed by atoms with E-state index in [9.17, 15) is 14.4 Å². The van der Waals surface area contributed by atoms with Crippen LogP contribution in [0.2, 0.25) is 0 Å². The van der Waals surface area contributed by atoms with Crippen molar-refractivity contribution >= 4 is 17.8 Å². The quantitative estimate of drug-likeness (QED) is 0.447. The van der Waals surface area contributed by atoms with Crippen LogP contribution in [-0.4, -0.2) is 29.0 Å². The topological polar surface area (TPSA) is 77.4 Å². The average Bonchev–Trinajstić information content (AvgIpc) is 2.86. The first-order valence-corrected chi connectivity index (χ1v) is 5.26. The fourth-order valence-corrected chi connectivity index (χ4v) is 1.91. The minimum Gasteiger partial charge on any atom is -0.464 e. The molecule has 2 heterocycles. The minimum absolute atomic E-state index is 0.156. The van der Waals surface area contributed by atoms with E-state index in [2.05, 4.69) is 5.32 Å². The van der Waals surface area contributed by atoms with E-state index in [4.69, 9.17) is 4.74 Å².